The fourth-order valence-corrected chi connectivity index (χ4v) is 1.70. The topological polar surface area (TPSA) is 0 Å². The summed E-state index contributed by atoms with van der Waals surface area (Å²) in [7, 11) is 0. The molecule has 4 heteroatoms. The Labute approximate surface area is 143 Å². The largest absolute Gasteiger partial charge is 4.00 e. The van der Waals surface area contributed by atoms with Gasteiger partial charge in [-0.3, -0.25) is 6.08 Å². The van der Waals surface area contributed by atoms with Crippen LogP contribution >= 0.6 is 0 Å². The van der Waals surface area contributed by atoms with Crippen LogP contribution in [-0.2, 0) is 28.1 Å². The molecule has 0 radical (unpaired) electrons. The van der Waals surface area contributed by atoms with E-state index in [4.69, 9.17) is 0 Å². The molecule has 0 nitrogen and oxygen atoms in total. The normalized spacial score (nSPS) is 11.3. The summed E-state index contributed by atoms with van der Waals surface area (Å²) in [5, 5.41) is 0. The molecule has 0 fully saturated rings. The third kappa shape index (κ3) is 6.45. The van der Waals surface area contributed by atoms with Crippen molar-refractivity contribution in [3.05, 3.63) is 58.7 Å². The predicted octanol–water partition coefficient (Wildman–Crippen LogP) is -5.46. The molecule has 0 saturated carbocycles. The third-order valence-corrected chi connectivity index (χ3v) is 2.73. The van der Waals surface area contributed by atoms with Crippen LogP contribution in [0.5, 0.6) is 0 Å². The zero-order valence-corrected chi connectivity index (χ0v) is 14.3. The van der Waals surface area contributed by atoms with Crippen LogP contribution in [0.4, 0.5) is 0 Å². The number of halogens is 3. The van der Waals surface area contributed by atoms with E-state index in [1.54, 1.807) is 0 Å². The summed E-state index contributed by atoms with van der Waals surface area (Å²) in [5.74, 6) is 0. The van der Waals surface area contributed by atoms with E-state index < -0.39 is 0 Å². The van der Waals surface area contributed by atoms with Gasteiger partial charge in [-0.2, -0.15) is 6.08 Å². The Bertz CT molecular complexity index is 412. The van der Waals surface area contributed by atoms with E-state index in [0.717, 1.165) is 12.8 Å². The Hall–Kier alpha value is 0.284. The minimum atomic E-state index is 0. The molecule has 18 heavy (non-hydrogen) atoms. The minimum absolute atomic E-state index is 0. The molecule has 0 N–H and O–H groups in total. The van der Waals surface area contributed by atoms with Gasteiger partial charge in [0.15, 0.2) is 0 Å². The molecule has 1 aliphatic rings. The quantitative estimate of drug-likeness (QED) is 0.373. The molecule has 0 spiro atoms. The van der Waals surface area contributed by atoms with Gasteiger partial charge in [0.05, 0.1) is 0 Å². The van der Waals surface area contributed by atoms with Crippen LogP contribution in [0.25, 0.3) is 0 Å². The van der Waals surface area contributed by atoms with Crippen molar-refractivity contribution < 1.29 is 58.9 Å². The molecular formula is C14H15Cl3Ti. The second-order valence-corrected chi connectivity index (χ2v) is 3.90. The molecule has 0 aliphatic heterocycles. The van der Waals surface area contributed by atoms with Crippen molar-refractivity contribution in [1.82, 2.24) is 0 Å². The smallest absolute Gasteiger partial charge is 1.00 e. The molecule has 1 aromatic carbocycles. The molecule has 2 rings (SSSR count). The monoisotopic (exact) mass is 336 g/mol. The van der Waals surface area contributed by atoms with Crippen molar-refractivity contribution in [2.24, 2.45) is 0 Å². The first-order valence-corrected chi connectivity index (χ1v) is 5.08. The van der Waals surface area contributed by atoms with E-state index in [0.29, 0.717) is 0 Å². The summed E-state index contributed by atoms with van der Waals surface area (Å²) < 4.78 is 0. The second-order valence-electron chi connectivity index (χ2n) is 3.90. The van der Waals surface area contributed by atoms with Crippen LogP contribution in [0, 0.1) is 19.9 Å². The number of hydrogen-bond acceptors (Lipinski definition) is 0. The van der Waals surface area contributed by atoms with Gasteiger partial charge in [0.25, 0.3) is 0 Å². The summed E-state index contributed by atoms with van der Waals surface area (Å²) in [4.78, 5) is 0. The number of benzene rings is 1. The van der Waals surface area contributed by atoms with Crippen LogP contribution in [0.2, 0.25) is 0 Å². The molecule has 0 unspecified atom stereocenters. The van der Waals surface area contributed by atoms with Gasteiger partial charge >= 0.3 is 21.7 Å². The number of rotatable bonds is 2. The summed E-state index contributed by atoms with van der Waals surface area (Å²) in [6, 6.07) is 6.68. The average molecular weight is 338 g/mol. The second kappa shape index (κ2) is 11.1. The Morgan fingerprint density at radius 1 is 1.06 bits per heavy atom. The van der Waals surface area contributed by atoms with Crippen LogP contribution in [0.3, 0.4) is 0 Å². The molecule has 0 aromatic heterocycles. The molecule has 1 aromatic rings. The van der Waals surface area contributed by atoms with Crippen molar-refractivity contribution in [2.75, 3.05) is 0 Å². The SMILES string of the molecule is Cc1ccc(CC2=[C-]CC=C2)cc1C.[Cl-].[Cl-].[Cl-].[Ti+4]. The van der Waals surface area contributed by atoms with E-state index in [9.17, 15) is 0 Å². The van der Waals surface area contributed by atoms with Crippen molar-refractivity contribution >= 4 is 0 Å². The van der Waals surface area contributed by atoms with Gasteiger partial charge in [0, 0.05) is 0 Å². The zero-order chi connectivity index (χ0) is 9.97. The first-order chi connectivity index (χ1) is 6.75. The van der Waals surface area contributed by atoms with Gasteiger partial charge in [-0.1, -0.05) is 18.2 Å². The van der Waals surface area contributed by atoms with Gasteiger partial charge in [0.1, 0.15) is 0 Å². The van der Waals surface area contributed by atoms with Gasteiger partial charge in [-0.25, -0.2) is 11.6 Å². The molecular weight excluding hydrogens is 322 g/mol. The molecule has 0 heterocycles. The Kier molecular flexibility index (Phi) is 14.5. The van der Waals surface area contributed by atoms with Crippen molar-refractivity contribution in [3.63, 3.8) is 0 Å². The standard InChI is InChI=1S/C14H15.3ClH.Ti/c1-11-7-8-14(9-12(11)2)10-13-5-3-4-6-13;;;;/h3,5,7-9H,4,10H2,1-2H3;3*1H;/q-1;;;;+4/p-3. The Balaban J connectivity index is -0.000000562. The van der Waals surface area contributed by atoms with Crippen LogP contribution < -0.4 is 37.2 Å². The summed E-state index contributed by atoms with van der Waals surface area (Å²) in [5.41, 5.74) is 5.47. The van der Waals surface area contributed by atoms with Crippen molar-refractivity contribution in [2.45, 2.75) is 26.7 Å². The number of aryl methyl sites for hydroxylation is 2. The zero-order valence-electron chi connectivity index (χ0n) is 10.4. The summed E-state index contributed by atoms with van der Waals surface area (Å²) >= 11 is 0. The van der Waals surface area contributed by atoms with Gasteiger partial charge in [-0.05, 0) is 37.0 Å². The van der Waals surface area contributed by atoms with Crippen LogP contribution in [0.15, 0.2) is 35.9 Å². The predicted molar refractivity (Wildman–Crippen MR) is 60.1 cm³/mol. The van der Waals surface area contributed by atoms with E-state index >= 15 is 0 Å². The fraction of sp³-hybridized carbons (Fsp3) is 0.286. The van der Waals surface area contributed by atoms with E-state index in [1.165, 1.54) is 22.3 Å². The number of hydrogen-bond donors (Lipinski definition) is 0. The molecule has 1 aliphatic carbocycles. The maximum Gasteiger partial charge on any atom is 4.00 e. The van der Waals surface area contributed by atoms with Gasteiger partial charge < -0.3 is 37.2 Å². The fourth-order valence-electron chi connectivity index (χ4n) is 1.70. The average Bonchev–Trinajstić information content (AvgIpc) is 2.64. The number of allylic oxidation sites excluding steroid dienone is 4. The maximum atomic E-state index is 3.34. The van der Waals surface area contributed by atoms with Crippen molar-refractivity contribution in [3.8, 4) is 0 Å². The first kappa shape index (κ1) is 23.4. The Morgan fingerprint density at radius 2 is 1.72 bits per heavy atom. The molecule has 0 atom stereocenters. The van der Waals surface area contributed by atoms with Crippen LogP contribution in [0.1, 0.15) is 23.1 Å². The molecule has 0 saturated heterocycles. The van der Waals surface area contributed by atoms with E-state index in [1.807, 2.05) is 0 Å². The minimum Gasteiger partial charge on any atom is -1.00 e. The third-order valence-electron chi connectivity index (χ3n) is 2.73. The van der Waals surface area contributed by atoms with E-state index in [-0.39, 0.29) is 58.9 Å². The molecule has 96 valence electrons. The van der Waals surface area contributed by atoms with E-state index in [2.05, 4.69) is 50.3 Å². The first-order valence-electron chi connectivity index (χ1n) is 5.08. The molecule has 0 amide bonds. The van der Waals surface area contributed by atoms with Gasteiger partial charge in [-0.15, -0.1) is 6.42 Å². The Morgan fingerprint density at radius 3 is 2.22 bits per heavy atom. The summed E-state index contributed by atoms with van der Waals surface area (Å²) in [6.45, 7) is 4.32. The molecule has 0 bridgehead atoms. The summed E-state index contributed by atoms with van der Waals surface area (Å²) in [6.07, 6.45) is 9.70. The van der Waals surface area contributed by atoms with Crippen LogP contribution in [-0.4, -0.2) is 0 Å². The van der Waals surface area contributed by atoms with Gasteiger partial charge in [0.2, 0.25) is 0 Å². The van der Waals surface area contributed by atoms with Crippen molar-refractivity contribution in [1.29, 1.82) is 0 Å². The maximum absolute atomic E-state index is 3.34.